The van der Waals surface area contributed by atoms with Crippen LogP contribution >= 0.6 is 0 Å². The summed E-state index contributed by atoms with van der Waals surface area (Å²) in [7, 11) is -1.40. The summed E-state index contributed by atoms with van der Waals surface area (Å²) in [5.41, 5.74) is -0.204. The summed E-state index contributed by atoms with van der Waals surface area (Å²) in [6.45, 7) is 8.00. The zero-order valence-electron chi connectivity index (χ0n) is 17.2. The average molecular weight is 414 g/mol. The van der Waals surface area contributed by atoms with Gasteiger partial charge in [0.15, 0.2) is 21.4 Å². The lowest BCUT2D eigenvalue weighted by atomic mass is 9.90. The van der Waals surface area contributed by atoms with Crippen molar-refractivity contribution >= 4 is 21.5 Å². The van der Waals surface area contributed by atoms with E-state index in [9.17, 15) is 17.6 Å². The van der Waals surface area contributed by atoms with Crippen LogP contribution in [0.5, 0.6) is 5.75 Å². The van der Waals surface area contributed by atoms with E-state index in [4.69, 9.17) is 10.1 Å². The summed E-state index contributed by atoms with van der Waals surface area (Å²) in [6.07, 6.45) is 1.42. The largest absolute Gasteiger partial charge is 0.494 e. The number of hydrogen-bond acceptors (Lipinski definition) is 6. The van der Waals surface area contributed by atoms with E-state index in [1.807, 2.05) is 20.8 Å². The molecule has 0 fully saturated rings. The Morgan fingerprint density at radius 2 is 1.79 bits per heavy atom. The number of hydrogen-bond donors (Lipinski definition) is 3. The summed E-state index contributed by atoms with van der Waals surface area (Å²) in [6, 6.07) is 3.21. The van der Waals surface area contributed by atoms with Gasteiger partial charge in [0.1, 0.15) is 10.6 Å². The molecule has 0 aliphatic rings. The first-order chi connectivity index (χ1) is 12.7. The van der Waals surface area contributed by atoms with Crippen LogP contribution in [0.15, 0.2) is 35.0 Å². The Morgan fingerprint density at radius 3 is 2.21 bits per heavy atom. The Morgan fingerprint density at radius 1 is 1.21 bits per heavy atom. The number of sulfone groups is 1. The molecule has 1 amide bonds. The van der Waals surface area contributed by atoms with Crippen LogP contribution in [0.3, 0.4) is 0 Å². The molecule has 0 bridgehead atoms. The standard InChI is InChI=1S/C19H28FN3O4S/c1-18(2,3)15(21)11-16(22-6)23-17(24)19(4,5)28(25,26)12-8-9-14(27-7)13(20)10-12/h8-11,21-22H,1-7H3,(H,23,24)/b16-11+,21-15?. The van der Waals surface area contributed by atoms with E-state index >= 15 is 0 Å². The second-order valence-electron chi connectivity index (χ2n) is 7.74. The number of carbonyl (C=O) groups is 1. The van der Waals surface area contributed by atoms with E-state index in [-0.39, 0.29) is 22.2 Å². The third-order valence-electron chi connectivity index (χ3n) is 4.27. The minimum atomic E-state index is -4.21. The van der Waals surface area contributed by atoms with E-state index in [1.165, 1.54) is 39.2 Å². The topological polar surface area (TPSA) is 108 Å². The van der Waals surface area contributed by atoms with Gasteiger partial charge in [-0.1, -0.05) is 20.8 Å². The number of amides is 1. The molecule has 28 heavy (non-hydrogen) atoms. The number of carbonyl (C=O) groups excluding carboxylic acids is 1. The highest BCUT2D eigenvalue weighted by atomic mass is 32.2. The van der Waals surface area contributed by atoms with E-state index in [0.29, 0.717) is 0 Å². The van der Waals surface area contributed by atoms with Crippen LogP contribution in [0.2, 0.25) is 0 Å². The maximum atomic E-state index is 14.0. The Balaban J connectivity index is 3.22. The van der Waals surface area contributed by atoms with Crippen LogP contribution in [-0.4, -0.2) is 38.9 Å². The Labute approximate surface area is 165 Å². The van der Waals surface area contributed by atoms with Crippen molar-refractivity contribution in [1.82, 2.24) is 10.6 Å². The second-order valence-corrected chi connectivity index (χ2v) is 10.2. The van der Waals surface area contributed by atoms with Crippen LogP contribution in [0.1, 0.15) is 34.6 Å². The molecule has 1 rings (SSSR count). The van der Waals surface area contributed by atoms with Gasteiger partial charge in [0.05, 0.1) is 12.0 Å². The van der Waals surface area contributed by atoms with E-state index < -0.39 is 31.7 Å². The fourth-order valence-corrected chi connectivity index (χ4v) is 3.43. The Hall–Kier alpha value is -2.42. The van der Waals surface area contributed by atoms with Crippen LogP contribution in [0, 0.1) is 16.6 Å². The highest BCUT2D eigenvalue weighted by Gasteiger charge is 2.43. The van der Waals surface area contributed by atoms with Crippen LogP contribution in [-0.2, 0) is 14.6 Å². The van der Waals surface area contributed by atoms with Gasteiger partial charge in [0, 0.05) is 18.2 Å². The molecule has 0 radical (unpaired) electrons. The van der Waals surface area contributed by atoms with Crippen LogP contribution in [0.25, 0.3) is 0 Å². The number of methoxy groups -OCH3 is 1. The normalized spacial score (nSPS) is 13.1. The van der Waals surface area contributed by atoms with Crippen molar-refractivity contribution in [3.05, 3.63) is 35.9 Å². The predicted molar refractivity (Wildman–Crippen MR) is 107 cm³/mol. The first-order valence-electron chi connectivity index (χ1n) is 8.56. The Kier molecular flexibility index (Phi) is 7.00. The summed E-state index contributed by atoms with van der Waals surface area (Å²) < 4.78 is 42.8. The van der Waals surface area contributed by atoms with Gasteiger partial charge in [-0.15, -0.1) is 0 Å². The molecule has 0 aliphatic carbocycles. The van der Waals surface area contributed by atoms with E-state index in [1.54, 1.807) is 7.05 Å². The van der Waals surface area contributed by atoms with Gasteiger partial charge in [-0.05, 0) is 38.1 Å². The summed E-state index contributed by atoms with van der Waals surface area (Å²) >= 11 is 0. The second kappa shape index (κ2) is 8.30. The molecule has 0 saturated heterocycles. The lowest BCUT2D eigenvalue weighted by Gasteiger charge is -2.25. The van der Waals surface area contributed by atoms with Gasteiger partial charge in [-0.25, -0.2) is 12.8 Å². The highest BCUT2D eigenvalue weighted by molar-refractivity contribution is 7.93. The van der Waals surface area contributed by atoms with Crippen molar-refractivity contribution in [1.29, 1.82) is 5.41 Å². The average Bonchev–Trinajstić information content (AvgIpc) is 2.59. The van der Waals surface area contributed by atoms with Crippen LogP contribution in [0.4, 0.5) is 4.39 Å². The third kappa shape index (κ3) is 4.89. The molecule has 7 nitrogen and oxygen atoms in total. The molecule has 0 spiro atoms. The number of benzene rings is 1. The minimum Gasteiger partial charge on any atom is -0.494 e. The molecule has 0 unspecified atom stereocenters. The summed E-state index contributed by atoms with van der Waals surface area (Å²) in [4.78, 5) is 12.4. The molecule has 0 heterocycles. The molecule has 0 aromatic heterocycles. The van der Waals surface area contributed by atoms with Crippen molar-refractivity contribution in [2.24, 2.45) is 5.41 Å². The maximum Gasteiger partial charge on any atom is 0.246 e. The van der Waals surface area contributed by atoms with Gasteiger partial charge < -0.3 is 20.8 Å². The van der Waals surface area contributed by atoms with Gasteiger partial charge in [-0.2, -0.15) is 0 Å². The maximum absolute atomic E-state index is 14.0. The molecule has 9 heteroatoms. The molecule has 156 valence electrons. The molecule has 0 aliphatic heterocycles. The SMILES string of the molecule is CN/C(=C\C(=N)C(C)(C)C)NC(=O)C(C)(C)S(=O)(=O)c1ccc(OC)c(F)c1. The molecule has 3 N–H and O–H groups in total. The first kappa shape index (κ1) is 23.6. The molecule has 1 aromatic carbocycles. The fourth-order valence-electron chi connectivity index (χ4n) is 2.04. The van der Waals surface area contributed by atoms with Crippen molar-refractivity contribution in [3.63, 3.8) is 0 Å². The van der Waals surface area contributed by atoms with Crippen molar-refractivity contribution in [3.8, 4) is 5.75 Å². The highest BCUT2D eigenvalue weighted by Crippen LogP contribution is 2.29. The zero-order valence-corrected chi connectivity index (χ0v) is 18.0. The predicted octanol–water partition coefficient (Wildman–Crippen LogP) is 2.63. The number of allylic oxidation sites excluding steroid dienone is 1. The van der Waals surface area contributed by atoms with E-state index in [2.05, 4.69) is 10.6 Å². The molecule has 0 atom stereocenters. The monoisotopic (exact) mass is 413 g/mol. The van der Waals surface area contributed by atoms with Gasteiger partial charge in [-0.3, -0.25) is 4.79 Å². The molecular formula is C19H28FN3O4S. The number of ether oxygens (including phenoxy) is 1. The third-order valence-corrected chi connectivity index (χ3v) is 6.67. The van der Waals surface area contributed by atoms with E-state index in [0.717, 1.165) is 6.07 Å². The van der Waals surface area contributed by atoms with Crippen molar-refractivity contribution < 1.29 is 22.3 Å². The Bertz CT molecular complexity index is 900. The summed E-state index contributed by atoms with van der Waals surface area (Å²) in [5, 5.41) is 13.3. The van der Waals surface area contributed by atoms with Crippen molar-refractivity contribution in [2.75, 3.05) is 14.2 Å². The number of halogens is 1. The first-order valence-corrected chi connectivity index (χ1v) is 10.0. The lowest BCUT2D eigenvalue weighted by molar-refractivity contribution is -0.122. The molecule has 0 saturated carbocycles. The minimum absolute atomic E-state index is 0.0951. The molecule has 1 aromatic rings. The van der Waals surface area contributed by atoms with Gasteiger partial charge >= 0.3 is 0 Å². The summed E-state index contributed by atoms with van der Waals surface area (Å²) in [5.74, 6) is -1.56. The zero-order chi connectivity index (χ0) is 21.9. The van der Waals surface area contributed by atoms with Crippen LogP contribution < -0.4 is 15.4 Å². The van der Waals surface area contributed by atoms with Gasteiger partial charge in [0.2, 0.25) is 5.91 Å². The fraction of sp³-hybridized carbons (Fsp3) is 0.474. The van der Waals surface area contributed by atoms with Crippen molar-refractivity contribution in [2.45, 2.75) is 44.3 Å². The van der Waals surface area contributed by atoms with Gasteiger partial charge in [0.25, 0.3) is 0 Å². The lowest BCUT2D eigenvalue weighted by Crippen LogP contribution is -2.49. The smallest absolute Gasteiger partial charge is 0.246 e. The number of rotatable bonds is 7. The molecular weight excluding hydrogens is 385 g/mol. The number of nitrogens with one attached hydrogen (secondary N) is 3. The quantitative estimate of drug-likeness (QED) is 0.596.